The van der Waals surface area contributed by atoms with Crippen molar-refractivity contribution in [1.82, 2.24) is 5.32 Å². The molecule has 0 spiro atoms. The molecule has 0 aliphatic carbocycles. The SMILES string of the molecule is CCCCN(CCCNC(=O)CN1C(=O)/C(=C\c2ccccc2F)Oc2ccccc21)c1ccccc1. The number of halogens is 1. The Hall–Kier alpha value is -4.13. The number of benzene rings is 3. The van der Waals surface area contributed by atoms with Crippen LogP contribution < -0.4 is 19.9 Å². The molecule has 192 valence electrons. The first-order valence-electron chi connectivity index (χ1n) is 12.7. The number of carbonyl (C=O) groups excluding carboxylic acids is 2. The minimum absolute atomic E-state index is 0.0361. The van der Waals surface area contributed by atoms with Crippen molar-refractivity contribution in [3.05, 3.63) is 96.0 Å². The van der Waals surface area contributed by atoms with E-state index in [9.17, 15) is 14.0 Å². The fraction of sp³-hybridized carbons (Fsp3) is 0.267. The van der Waals surface area contributed by atoms with Crippen molar-refractivity contribution in [2.45, 2.75) is 26.2 Å². The number of amides is 2. The highest BCUT2D eigenvalue weighted by molar-refractivity contribution is 6.12. The average Bonchev–Trinajstić information content (AvgIpc) is 2.92. The van der Waals surface area contributed by atoms with E-state index >= 15 is 0 Å². The van der Waals surface area contributed by atoms with Gasteiger partial charge in [0, 0.05) is 30.9 Å². The molecule has 4 rings (SSSR count). The van der Waals surface area contributed by atoms with E-state index < -0.39 is 11.7 Å². The lowest BCUT2D eigenvalue weighted by Crippen LogP contribution is -2.44. The van der Waals surface area contributed by atoms with E-state index in [-0.39, 0.29) is 23.8 Å². The third-order valence-electron chi connectivity index (χ3n) is 6.16. The number of fused-ring (bicyclic) bond motifs is 1. The van der Waals surface area contributed by atoms with Crippen LogP contribution in [0.1, 0.15) is 31.7 Å². The van der Waals surface area contributed by atoms with Gasteiger partial charge in [-0.25, -0.2) is 4.39 Å². The zero-order chi connectivity index (χ0) is 26.0. The number of carbonyl (C=O) groups is 2. The maximum atomic E-state index is 14.2. The lowest BCUT2D eigenvalue weighted by Gasteiger charge is -2.30. The number of para-hydroxylation sites is 3. The van der Waals surface area contributed by atoms with Gasteiger partial charge in [0.25, 0.3) is 5.91 Å². The van der Waals surface area contributed by atoms with Crippen LogP contribution in [0.4, 0.5) is 15.8 Å². The molecule has 0 bridgehead atoms. The second-order valence-corrected chi connectivity index (χ2v) is 8.87. The molecule has 0 saturated carbocycles. The van der Waals surface area contributed by atoms with E-state index in [0.29, 0.717) is 18.0 Å². The molecule has 37 heavy (non-hydrogen) atoms. The Morgan fingerprint density at radius 3 is 2.46 bits per heavy atom. The minimum atomic E-state index is -0.494. The van der Waals surface area contributed by atoms with Crippen LogP contribution in [0.5, 0.6) is 5.75 Å². The molecule has 3 aromatic carbocycles. The maximum Gasteiger partial charge on any atom is 0.294 e. The maximum absolute atomic E-state index is 14.2. The quantitative estimate of drug-likeness (QED) is 0.282. The first kappa shape index (κ1) is 25.9. The first-order chi connectivity index (χ1) is 18.1. The summed E-state index contributed by atoms with van der Waals surface area (Å²) in [6, 6.07) is 23.4. The normalized spacial score (nSPS) is 13.7. The summed E-state index contributed by atoms with van der Waals surface area (Å²) in [5, 5.41) is 2.94. The number of unbranched alkanes of at least 4 members (excludes halogenated alkanes) is 1. The number of nitrogens with zero attached hydrogens (tertiary/aromatic N) is 2. The summed E-state index contributed by atoms with van der Waals surface area (Å²) >= 11 is 0. The second kappa shape index (κ2) is 12.7. The van der Waals surface area contributed by atoms with E-state index in [2.05, 4.69) is 29.3 Å². The largest absolute Gasteiger partial charge is 0.449 e. The lowest BCUT2D eigenvalue weighted by atomic mass is 10.1. The van der Waals surface area contributed by atoms with Gasteiger partial charge in [-0.3, -0.25) is 14.5 Å². The third-order valence-corrected chi connectivity index (χ3v) is 6.16. The lowest BCUT2D eigenvalue weighted by molar-refractivity contribution is -0.123. The molecule has 2 amide bonds. The number of hydrogen-bond donors (Lipinski definition) is 1. The van der Waals surface area contributed by atoms with Crippen LogP contribution in [0.2, 0.25) is 0 Å². The van der Waals surface area contributed by atoms with Gasteiger partial charge in [0.05, 0.1) is 5.69 Å². The Morgan fingerprint density at radius 2 is 1.68 bits per heavy atom. The van der Waals surface area contributed by atoms with Gasteiger partial charge in [-0.1, -0.05) is 61.9 Å². The number of anilines is 2. The number of ether oxygens (including phenoxy) is 1. The monoisotopic (exact) mass is 501 g/mol. The minimum Gasteiger partial charge on any atom is -0.449 e. The molecule has 0 radical (unpaired) electrons. The highest BCUT2D eigenvalue weighted by atomic mass is 19.1. The van der Waals surface area contributed by atoms with Crippen molar-refractivity contribution in [3.63, 3.8) is 0 Å². The molecule has 0 unspecified atom stereocenters. The summed E-state index contributed by atoms with van der Waals surface area (Å²) < 4.78 is 20.0. The van der Waals surface area contributed by atoms with Crippen molar-refractivity contribution in [2.75, 3.05) is 36.0 Å². The molecule has 6 nitrogen and oxygen atoms in total. The van der Waals surface area contributed by atoms with Crippen LogP contribution >= 0.6 is 0 Å². The van der Waals surface area contributed by atoms with Gasteiger partial charge in [0.1, 0.15) is 12.4 Å². The summed E-state index contributed by atoms with van der Waals surface area (Å²) in [5.41, 5.74) is 1.91. The fourth-order valence-electron chi connectivity index (χ4n) is 4.21. The summed E-state index contributed by atoms with van der Waals surface area (Å²) in [7, 11) is 0. The number of nitrogens with one attached hydrogen (secondary N) is 1. The second-order valence-electron chi connectivity index (χ2n) is 8.87. The standard InChI is InChI=1S/C30H32FN3O3/c1-2-3-19-33(24-13-5-4-6-14-24)20-11-18-32-29(35)22-34-26-16-9-10-17-27(26)37-28(30(34)36)21-23-12-7-8-15-25(23)31/h4-10,12-17,21H,2-3,11,18-20,22H2,1H3,(H,32,35)/b28-21+. The summed E-state index contributed by atoms with van der Waals surface area (Å²) in [6.07, 6.45) is 4.36. The number of hydrogen-bond acceptors (Lipinski definition) is 4. The van der Waals surface area contributed by atoms with E-state index in [1.807, 2.05) is 18.2 Å². The predicted molar refractivity (Wildman–Crippen MR) is 145 cm³/mol. The third kappa shape index (κ3) is 6.76. The fourth-order valence-corrected chi connectivity index (χ4v) is 4.21. The Balaban J connectivity index is 1.39. The molecule has 1 aliphatic rings. The molecule has 0 fully saturated rings. The van der Waals surface area contributed by atoms with Crippen molar-refractivity contribution < 1.29 is 18.7 Å². The molecule has 3 aromatic rings. The molecular weight excluding hydrogens is 469 g/mol. The van der Waals surface area contributed by atoms with E-state index in [1.165, 1.54) is 22.7 Å². The zero-order valence-electron chi connectivity index (χ0n) is 21.0. The van der Waals surface area contributed by atoms with Crippen LogP contribution in [0, 0.1) is 5.82 Å². The molecule has 7 heteroatoms. The summed E-state index contributed by atoms with van der Waals surface area (Å²) in [4.78, 5) is 29.8. The van der Waals surface area contributed by atoms with Crippen molar-refractivity contribution >= 4 is 29.3 Å². The van der Waals surface area contributed by atoms with Crippen LogP contribution in [0.25, 0.3) is 6.08 Å². The van der Waals surface area contributed by atoms with Gasteiger partial charge < -0.3 is 15.0 Å². The van der Waals surface area contributed by atoms with Crippen molar-refractivity contribution in [2.24, 2.45) is 0 Å². The predicted octanol–water partition coefficient (Wildman–Crippen LogP) is 5.41. The van der Waals surface area contributed by atoms with E-state index in [4.69, 9.17) is 4.74 Å². The van der Waals surface area contributed by atoms with Crippen LogP contribution in [0.3, 0.4) is 0 Å². The van der Waals surface area contributed by atoms with Crippen molar-refractivity contribution in [3.8, 4) is 5.75 Å². The average molecular weight is 502 g/mol. The topological polar surface area (TPSA) is 61.9 Å². The smallest absolute Gasteiger partial charge is 0.294 e. The van der Waals surface area contributed by atoms with Gasteiger partial charge in [-0.05, 0) is 49.2 Å². The van der Waals surface area contributed by atoms with Gasteiger partial charge in [-0.15, -0.1) is 0 Å². The Kier molecular flexibility index (Phi) is 8.92. The molecule has 1 heterocycles. The Labute approximate surface area is 217 Å². The number of rotatable bonds is 11. The van der Waals surface area contributed by atoms with Gasteiger partial charge in [0.2, 0.25) is 5.91 Å². The van der Waals surface area contributed by atoms with Crippen LogP contribution in [-0.2, 0) is 9.59 Å². The Morgan fingerprint density at radius 1 is 0.973 bits per heavy atom. The zero-order valence-corrected chi connectivity index (χ0v) is 21.0. The van der Waals surface area contributed by atoms with Gasteiger partial charge in [-0.2, -0.15) is 0 Å². The Bertz CT molecular complexity index is 1250. The van der Waals surface area contributed by atoms with Crippen molar-refractivity contribution in [1.29, 1.82) is 0 Å². The first-order valence-corrected chi connectivity index (χ1v) is 12.7. The molecule has 0 atom stereocenters. The molecule has 1 aliphatic heterocycles. The van der Waals surface area contributed by atoms with Crippen LogP contribution in [0.15, 0.2) is 84.6 Å². The molecule has 0 saturated heterocycles. The van der Waals surface area contributed by atoms with Crippen LogP contribution in [-0.4, -0.2) is 38.0 Å². The van der Waals surface area contributed by atoms with Gasteiger partial charge >= 0.3 is 0 Å². The molecule has 1 N–H and O–H groups in total. The van der Waals surface area contributed by atoms with Gasteiger partial charge in [0.15, 0.2) is 11.5 Å². The highest BCUT2D eigenvalue weighted by Crippen LogP contribution is 2.35. The van der Waals surface area contributed by atoms with E-state index in [1.54, 1.807) is 42.5 Å². The molecule has 0 aromatic heterocycles. The van der Waals surface area contributed by atoms with E-state index in [0.717, 1.165) is 32.4 Å². The summed E-state index contributed by atoms with van der Waals surface area (Å²) in [5.74, 6) is -0.821. The summed E-state index contributed by atoms with van der Waals surface area (Å²) in [6.45, 7) is 4.29. The highest BCUT2D eigenvalue weighted by Gasteiger charge is 2.31. The molecular formula is C30H32FN3O3.